The molecular formula is C30H38IN5O7S2. The van der Waals surface area contributed by atoms with E-state index in [0.29, 0.717) is 5.56 Å². The van der Waals surface area contributed by atoms with Crippen LogP contribution in [0.5, 0.6) is 5.75 Å². The van der Waals surface area contributed by atoms with E-state index in [1.54, 1.807) is 52.0 Å². The van der Waals surface area contributed by atoms with Crippen LogP contribution in [0.3, 0.4) is 0 Å². The summed E-state index contributed by atoms with van der Waals surface area (Å²) in [5, 5.41) is 30.2. The molecule has 0 aromatic heterocycles. The summed E-state index contributed by atoms with van der Waals surface area (Å²) < 4.78 is -1.17. The molecule has 1 fully saturated rings. The number of halogens is 1. The van der Waals surface area contributed by atoms with Gasteiger partial charge in [-0.05, 0) is 92.1 Å². The number of aromatic hydroxyl groups is 1. The Morgan fingerprint density at radius 1 is 0.956 bits per heavy atom. The molecule has 244 valence electrons. The third-order valence-corrected chi connectivity index (χ3v) is 12.1. The van der Waals surface area contributed by atoms with Crippen LogP contribution in [0, 0.1) is 3.57 Å². The molecule has 0 radical (unpaired) electrons. The van der Waals surface area contributed by atoms with Crippen LogP contribution in [0.4, 0.5) is 0 Å². The fraction of sp³-hybridized carbons (Fsp3) is 0.433. The molecule has 4 atom stereocenters. The fourth-order valence-corrected chi connectivity index (χ4v) is 7.62. The van der Waals surface area contributed by atoms with Crippen molar-refractivity contribution in [3.8, 4) is 5.75 Å². The van der Waals surface area contributed by atoms with Gasteiger partial charge in [-0.15, -0.1) is 0 Å². The number of carboxylic acids is 1. The molecule has 1 heterocycles. The largest absolute Gasteiger partial charge is 0.508 e. The highest BCUT2D eigenvalue weighted by Crippen LogP contribution is 2.46. The molecule has 0 bridgehead atoms. The number of nitrogens with one attached hydrogen (secondary N) is 4. The third kappa shape index (κ3) is 10.5. The van der Waals surface area contributed by atoms with Gasteiger partial charge in [0.2, 0.25) is 23.6 Å². The molecule has 2 aromatic rings. The number of hydrogen-bond acceptors (Lipinski definition) is 9. The van der Waals surface area contributed by atoms with Crippen LogP contribution in [-0.4, -0.2) is 80.0 Å². The van der Waals surface area contributed by atoms with Gasteiger partial charge >= 0.3 is 5.97 Å². The van der Waals surface area contributed by atoms with E-state index in [1.807, 2.05) is 12.1 Å². The first kappa shape index (κ1) is 36.4. The van der Waals surface area contributed by atoms with E-state index in [-0.39, 0.29) is 18.6 Å². The molecule has 4 amide bonds. The molecule has 3 rings (SSSR count). The van der Waals surface area contributed by atoms with E-state index in [2.05, 4.69) is 43.9 Å². The Balaban J connectivity index is 1.89. The molecule has 2 aromatic carbocycles. The van der Waals surface area contributed by atoms with Gasteiger partial charge in [0.05, 0.1) is 17.3 Å². The van der Waals surface area contributed by atoms with E-state index in [1.165, 1.54) is 22.9 Å². The number of nitrogens with two attached hydrogens (primary N) is 1. The van der Waals surface area contributed by atoms with Crippen molar-refractivity contribution in [2.45, 2.75) is 74.2 Å². The molecule has 0 saturated carbocycles. The zero-order valence-corrected chi connectivity index (χ0v) is 29.0. The van der Waals surface area contributed by atoms with E-state index in [0.717, 1.165) is 19.9 Å². The zero-order chi connectivity index (χ0) is 33.5. The quantitative estimate of drug-likeness (QED) is 0.161. The number of carbonyl (C=O) groups is 5. The van der Waals surface area contributed by atoms with E-state index in [9.17, 15) is 34.2 Å². The first-order valence-corrected chi connectivity index (χ1v) is 17.3. The second-order valence-electron chi connectivity index (χ2n) is 11.7. The number of amides is 4. The summed E-state index contributed by atoms with van der Waals surface area (Å²) in [6, 6.07) is 8.84. The van der Waals surface area contributed by atoms with Crippen molar-refractivity contribution in [3.05, 3.63) is 63.2 Å². The average Bonchev–Trinajstić information content (AvgIpc) is 2.97. The Morgan fingerprint density at radius 2 is 1.53 bits per heavy atom. The summed E-state index contributed by atoms with van der Waals surface area (Å²) in [5.41, 5.74) is 7.62. The lowest BCUT2D eigenvalue weighted by Crippen LogP contribution is -2.61. The Labute approximate surface area is 283 Å². The molecule has 0 spiro atoms. The van der Waals surface area contributed by atoms with Crippen molar-refractivity contribution in [2.24, 2.45) is 5.73 Å². The maximum absolute atomic E-state index is 13.5. The topological polar surface area (TPSA) is 200 Å². The number of rotatable bonds is 7. The van der Waals surface area contributed by atoms with Gasteiger partial charge in [-0.1, -0.05) is 45.9 Å². The molecule has 45 heavy (non-hydrogen) atoms. The second kappa shape index (κ2) is 15.5. The summed E-state index contributed by atoms with van der Waals surface area (Å²) in [5.74, 6) is -3.82. The minimum absolute atomic E-state index is 0.0716. The number of phenolic OH excluding ortho intramolecular Hbond substituents is 1. The number of carbonyl (C=O) groups excluding carboxylic acids is 4. The van der Waals surface area contributed by atoms with Crippen molar-refractivity contribution < 1.29 is 34.2 Å². The molecule has 0 aliphatic carbocycles. The van der Waals surface area contributed by atoms with Crippen molar-refractivity contribution >= 4 is 73.8 Å². The van der Waals surface area contributed by atoms with Gasteiger partial charge in [-0.3, -0.25) is 19.2 Å². The van der Waals surface area contributed by atoms with Crippen LogP contribution in [0.15, 0.2) is 48.5 Å². The summed E-state index contributed by atoms with van der Waals surface area (Å²) in [6.07, 6.45) is 0.224. The minimum Gasteiger partial charge on any atom is -0.508 e. The highest BCUT2D eigenvalue weighted by molar-refractivity contribution is 14.1. The number of hydrogen-bond donors (Lipinski definition) is 7. The lowest BCUT2D eigenvalue weighted by atomic mass is 10.00. The first-order valence-electron chi connectivity index (χ1n) is 14.0. The summed E-state index contributed by atoms with van der Waals surface area (Å²) in [4.78, 5) is 65.6. The minimum atomic E-state index is -1.36. The standard InChI is InChI=1S/C30H38IN5O7S2/c1-29(2)23(35-25(39)20(32)13-16-7-11-19(37)12-8-16)27(41)33-15-22(38)34-21(14-17-5-9-18(31)10-6-17)26(40)36-24(28(42)43)30(3,4)45-44-29/h5-12,20-21,23-24,37H,13-15,32H2,1-4H3,(H,33,41)(H,34,38)(H,35,39)(H,36,40)(H,42,43)/t20-,21-,23?,24-/m0/s1. The smallest absolute Gasteiger partial charge is 0.327 e. The summed E-state index contributed by atoms with van der Waals surface area (Å²) in [7, 11) is 2.32. The first-order chi connectivity index (χ1) is 21.0. The lowest BCUT2D eigenvalue weighted by Gasteiger charge is -2.38. The van der Waals surface area contributed by atoms with Crippen LogP contribution < -0.4 is 27.0 Å². The monoisotopic (exact) mass is 771 g/mol. The molecule has 15 heteroatoms. The van der Waals surface area contributed by atoms with Crippen molar-refractivity contribution in [3.63, 3.8) is 0 Å². The van der Waals surface area contributed by atoms with Gasteiger partial charge in [-0.25, -0.2) is 4.79 Å². The maximum atomic E-state index is 13.5. The number of carboxylic acid groups (broad SMARTS) is 1. The Bertz CT molecular complexity index is 1410. The van der Waals surface area contributed by atoms with Crippen LogP contribution in [0.1, 0.15) is 38.8 Å². The molecule has 1 aliphatic heterocycles. The van der Waals surface area contributed by atoms with Crippen LogP contribution in [0.2, 0.25) is 0 Å². The third-order valence-electron chi connectivity index (χ3n) is 7.10. The van der Waals surface area contributed by atoms with Gasteiger partial charge < -0.3 is 37.2 Å². The van der Waals surface area contributed by atoms with Gasteiger partial charge in [0.15, 0.2) is 0 Å². The fourth-order valence-electron chi connectivity index (χ4n) is 4.45. The predicted molar refractivity (Wildman–Crippen MR) is 182 cm³/mol. The summed E-state index contributed by atoms with van der Waals surface area (Å²) >= 11 is 2.15. The van der Waals surface area contributed by atoms with Crippen molar-refractivity contribution in [1.82, 2.24) is 21.3 Å². The molecule has 12 nitrogen and oxygen atoms in total. The van der Waals surface area contributed by atoms with Crippen LogP contribution in [-0.2, 0) is 36.8 Å². The molecular weight excluding hydrogens is 733 g/mol. The zero-order valence-electron chi connectivity index (χ0n) is 25.3. The predicted octanol–water partition coefficient (Wildman–Crippen LogP) is 1.72. The van der Waals surface area contributed by atoms with Gasteiger partial charge in [0.1, 0.15) is 23.9 Å². The number of benzene rings is 2. The average molecular weight is 772 g/mol. The van der Waals surface area contributed by atoms with Crippen LogP contribution >= 0.6 is 44.2 Å². The Hall–Kier alpha value is -3.02. The number of aliphatic carboxylic acids is 1. The number of phenols is 1. The molecule has 1 saturated heterocycles. The summed E-state index contributed by atoms with van der Waals surface area (Å²) in [6.45, 7) is 6.21. The second-order valence-corrected chi connectivity index (χ2v) is 16.4. The lowest BCUT2D eigenvalue weighted by molar-refractivity contribution is -0.143. The van der Waals surface area contributed by atoms with E-state index in [4.69, 9.17) is 5.73 Å². The maximum Gasteiger partial charge on any atom is 0.327 e. The van der Waals surface area contributed by atoms with E-state index >= 15 is 0 Å². The van der Waals surface area contributed by atoms with Gasteiger partial charge in [-0.2, -0.15) is 0 Å². The molecule has 1 unspecified atom stereocenters. The highest BCUT2D eigenvalue weighted by atomic mass is 127. The van der Waals surface area contributed by atoms with E-state index < -0.39 is 69.8 Å². The SMILES string of the molecule is CC1(C)SSC(C)(C)[C@H](C(=O)O)NC(=O)[C@H](Cc2ccc(I)cc2)NC(=O)CNC(=O)C1NC(=O)[C@@H](N)Cc1ccc(O)cc1. The highest BCUT2D eigenvalue weighted by Gasteiger charge is 2.44. The molecule has 8 N–H and O–H groups in total. The Kier molecular flexibility index (Phi) is 12.6. The van der Waals surface area contributed by atoms with Crippen molar-refractivity contribution in [2.75, 3.05) is 6.54 Å². The van der Waals surface area contributed by atoms with Gasteiger partial charge in [0.25, 0.3) is 0 Å². The molecule has 1 aliphatic rings. The van der Waals surface area contributed by atoms with Crippen LogP contribution in [0.25, 0.3) is 0 Å². The Morgan fingerprint density at radius 3 is 2.13 bits per heavy atom. The van der Waals surface area contributed by atoms with Crippen molar-refractivity contribution in [1.29, 1.82) is 0 Å². The van der Waals surface area contributed by atoms with Gasteiger partial charge in [0, 0.05) is 14.7 Å². The normalized spacial score (nSPS) is 23.0.